The highest BCUT2D eigenvalue weighted by molar-refractivity contribution is 6.01. The van der Waals surface area contributed by atoms with E-state index >= 15 is 0 Å². The number of aryl methyl sites for hydroxylation is 4. The zero-order valence-corrected chi connectivity index (χ0v) is 16.0. The fraction of sp³-hybridized carbons (Fsp3) is 0.350. The lowest BCUT2D eigenvalue weighted by molar-refractivity contribution is 0.101. The van der Waals surface area contributed by atoms with Crippen LogP contribution in [-0.4, -0.2) is 27.2 Å². The van der Waals surface area contributed by atoms with Crippen molar-refractivity contribution in [2.75, 3.05) is 11.9 Å². The molecular formula is C20H25N5O2. The predicted octanol–water partition coefficient (Wildman–Crippen LogP) is 3.23. The average molecular weight is 367 g/mol. The Labute approximate surface area is 158 Å². The number of aromatic nitrogens is 3. The van der Waals surface area contributed by atoms with Crippen LogP contribution in [0, 0.1) is 20.8 Å². The van der Waals surface area contributed by atoms with Crippen molar-refractivity contribution in [3.05, 3.63) is 65.1 Å². The summed E-state index contributed by atoms with van der Waals surface area (Å²) in [6.07, 6.45) is 2.46. The van der Waals surface area contributed by atoms with Crippen LogP contribution in [-0.2, 0) is 13.1 Å². The molecule has 0 saturated carbocycles. The number of rotatable bonds is 8. The lowest BCUT2D eigenvalue weighted by Gasteiger charge is -2.06. The van der Waals surface area contributed by atoms with E-state index in [-0.39, 0.29) is 11.7 Å². The summed E-state index contributed by atoms with van der Waals surface area (Å²) in [6.45, 7) is 8.20. The maximum Gasteiger partial charge on any atom is 0.295 e. The highest BCUT2D eigenvalue weighted by Gasteiger charge is 2.12. The van der Waals surface area contributed by atoms with Gasteiger partial charge in [0.1, 0.15) is 17.8 Å². The van der Waals surface area contributed by atoms with Gasteiger partial charge in [0.15, 0.2) is 0 Å². The molecule has 2 N–H and O–H groups in total. The second-order valence-electron chi connectivity index (χ2n) is 6.63. The smallest absolute Gasteiger partial charge is 0.295 e. The molecule has 7 heteroatoms. The Hall–Kier alpha value is -2.93. The van der Waals surface area contributed by atoms with Crippen molar-refractivity contribution >= 4 is 11.6 Å². The molecule has 3 aromatic rings. The van der Waals surface area contributed by atoms with Gasteiger partial charge in [-0.25, -0.2) is 4.98 Å². The minimum absolute atomic E-state index is 0.173. The van der Waals surface area contributed by atoms with Crippen molar-refractivity contribution < 1.29 is 9.21 Å². The molecule has 0 aliphatic rings. The molecule has 2 heterocycles. The Morgan fingerprint density at radius 1 is 1.15 bits per heavy atom. The van der Waals surface area contributed by atoms with E-state index in [4.69, 9.17) is 4.42 Å². The van der Waals surface area contributed by atoms with Gasteiger partial charge in [-0.2, -0.15) is 0 Å². The van der Waals surface area contributed by atoms with Crippen molar-refractivity contribution in [1.82, 2.24) is 20.1 Å². The highest BCUT2D eigenvalue weighted by Crippen LogP contribution is 2.14. The predicted molar refractivity (Wildman–Crippen MR) is 104 cm³/mol. The number of carbonyl (C=O) groups is 1. The van der Waals surface area contributed by atoms with Gasteiger partial charge in [0.25, 0.3) is 5.91 Å². The standard InChI is InChI=1S/C20H25N5O2/c1-14-5-7-17(11-15(14)2)23-20(26)19-22-13-25(24-19)10-4-9-21-12-18-8-6-16(3)27-18/h5-8,11,13,21H,4,9-10,12H2,1-3H3,(H,23,26). The van der Waals surface area contributed by atoms with E-state index < -0.39 is 0 Å². The molecule has 0 aliphatic heterocycles. The summed E-state index contributed by atoms with van der Waals surface area (Å²) in [7, 11) is 0. The molecule has 2 aromatic heterocycles. The van der Waals surface area contributed by atoms with E-state index in [1.54, 1.807) is 11.0 Å². The van der Waals surface area contributed by atoms with Gasteiger partial charge in [-0.05, 0) is 69.1 Å². The minimum Gasteiger partial charge on any atom is -0.465 e. The number of nitrogens with zero attached hydrogens (tertiary/aromatic N) is 3. The van der Waals surface area contributed by atoms with Gasteiger partial charge in [0.05, 0.1) is 6.54 Å². The molecule has 0 spiro atoms. The van der Waals surface area contributed by atoms with E-state index in [1.165, 1.54) is 5.56 Å². The third-order valence-corrected chi connectivity index (χ3v) is 4.34. The first-order chi connectivity index (χ1) is 13.0. The summed E-state index contributed by atoms with van der Waals surface area (Å²) in [4.78, 5) is 16.4. The van der Waals surface area contributed by atoms with Crippen LogP contribution in [0.4, 0.5) is 5.69 Å². The summed E-state index contributed by atoms with van der Waals surface area (Å²) < 4.78 is 7.19. The minimum atomic E-state index is -0.302. The SMILES string of the molecule is Cc1ccc(CNCCCn2cnc(C(=O)Nc3ccc(C)c(C)c3)n2)o1. The van der Waals surface area contributed by atoms with Crippen LogP contribution in [0.3, 0.4) is 0 Å². The summed E-state index contributed by atoms with van der Waals surface area (Å²) >= 11 is 0. The third kappa shape index (κ3) is 5.27. The molecule has 0 unspecified atom stereocenters. The number of anilines is 1. The Kier molecular flexibility index (Phi) is 6.03. The Morgan fingerprint density at radius 2 is 2.00 bits per heavy atom. The van der Waals surface area contributed by atoms with Crippen LogP contribution in [0.2, 0.25) is 0 Å². The Bertz CT molecular complexity index is 913. The maximum atomic E-state index is 12.3. The zero-order chi connectivity index (χ0) is 19.2. The number of carbonyl (C=O) groups excluding carboxylic acids is 1. The largest absolute Gasteiger partial charge is 0.465 e. The van der Waals surface area contributed by atoms with Gasteiger partial charge in [0.2, 0.25) is 5.82 Å². The molecular weight excluding hydrogens is 342 g/mol. The quantitative estimate of drug-likeness (QED) is 0.597. The third-order valence-electron chi connectivity index (χ3n) is 4.34. The summed E-state index contributed by atoms with van der Waals surface area (Å²) in [5.41, 5.74) is 3.06. The topological polar surface area (TPSA) is 85.0 Å². The first-order valence-corrected chi connectivity index (χ1v) is 9.05. The summed E-state index contributed by atoms with van der Waals surface area (Å²) in [6, 6.07) is 9.73. The van der Waals surface area contributed by atoms with Crippen molar-refractivity contribution in [2.45, 2.75) is 40.3 Å². The van der Waals surface area contributed by atoms with Crippen molar-refractivity contribution in [3.63, 3.8) is 0 Å². The first kappa shape index (κ1) is 18.8. The van der Waals surface area contributed by atoms with Gasteiger partial charge in [0, 0.05) is 12.2 Å². The van der Waals surface area contributed by atoms with E-state index in [0.717, 1.165) is 35.7 Å². The fourth-order valence-electron chi connectivity index (χ4n) is 2.67. The monoisotopic (exact) mass is 367 g/mol. The molecule has 27 heavy (non-hydrogen) atoms. The van der Waals surface area contributed by atoms with Gasteiger partial charge in [-0.15, -0.1) is 5.10 Å². The van der Waals surface area contributed by atoms with E-state index in [2.05, 4.69) is 20.7 Å². The van der Waals surface area contributed by atoms with Crippen LogP contribution < -0.4 is 10.6 Å². The lowest BCUT2D eigenvalue weighted by Crippen LogP contribution is -2.17. The molecule has 0 aliphatic carbocycles. The number of furan rings is 1. The van der Waals surface area contributed by atoms with E-state index in [9.17, 15) is 4.79 Å². The molecule has 0 atom stereocenters. The molecule has 142 valence electrons. The Morgan fingerprint density at radius 3 is 2.74 bits per heavy atom. The molecule has 0 saturated heterocycles. The molecule has 0 radical (unpaired) electrons. The Balaban J connectivity index is 1.43. The molecule has 1 aromatic carbocycles. The van der Waals surface area contributed by atoms with Crippen molar-refractivity contribution in [3.8, 4) is 0 Å². The molecule has 7 nitrogen and oxygen atoms in total. The number of benzene rings is 1. The van der Waals surface area contributed by atoms with Crippen LogP contribution >= 0.6 is 0 Å². The maximum absolute atomic E-state index is 12.3. The second kappa shape index (κ2) is 8.64. The van der Waals surface area contributed by atoms with E-state index in [0.29, 0.717) is 13.1 Å². The number of hydrogen-bond donors (Lipinski definition) is 2. The highest BCUT2D eigenvalue weighted by atomic mass is 16.3. The summed E-state index contributed by atoms with van der Waals surface area (Å²) in [5, 5.41) is 10.4. The van der Waals surface area contributed by atoms with Gasteiger partial charge < -0.3 is 15.1 Å². The average Bonchev–Trinajstić information content (AvgIpc) is 3.27. The van der Waals surface area contributed by atoms with Crippen LogP contribution in [0.15, 0.2) is 41.1 Å². The number of hydrogen-bond acceptors (Lipinski definition) is 5. The molecule has 0 bridgehead atoms. The van der Waals surface area contributed by atoms with Gasteiger partial charge in [-0.1, -0.05) is 6.07 Å². The fourth-order valence-corrected chi connectivity index (χ4v) is 2.67. The normalized spacial score (nSPS) is 10.9. The van der Waals surface area contributed by atoms with Gasteiger partial charge in [-0.3, -0.25) is 9.48 Å². The van der Waals surface area contributed by atoms with Crippen LogP contribution in [0.5, 0.6) is 0 Å². The second-order valence-corrected chi connectivity index (χ2v) is 6.63. The molecule has 3 rings (SSSR count). The van der Waals surface area contributed by atoms with Crippen LogP contribution in [0.1, 0.15) is 39.7 Å². The molecule has 1 amide bonds. The van der Waals surface area contributed by atoms with E-state index in [1.807, 2.05) is 51.1 Å². The molecule has 0 fully saturated rings. The van der Waals surface area contributed by atoms with Crippen molar-refractivity contribution in [1.29, 1.82) is 0 Å². The number of nitrogens with one attached hydrogen (secondary N) is 2. The first-order valence-electron chi connectivity index (χ1n) is 9.05. The van der Waals surface area contributed by atoms with Crippen LogP contribution in [0.25, 0.3) is 0 Å². The summed E-state index contributed by atoms with van der Waals surface area (Å²) in [5.74, 6) is 1.72. The van der Waals surface area contributed by atoms with Crippen molar-refractivity contribution in [2.24, 2.45) is 0 Å². The lowest BCUT2D eigenvalue weighted by atomic mass is 10.1. The zero-order valence-electron chi connectivity index (χ0n) is 16.0. The van der Waals surface area contributed by atoms with Gasteiger partial charge >= 0.3 is 0 Å². The number of amides is 1.